The first-order valence-corrected chi connectivity index (χ1v) is 11.4. The zero-order valence-electron chi connectivity index (χ0n) is 19.1. The highest BCUT2D eigenvalue weighted by molar-refractivity contribution is 5.97. The molecule has 1 heterocycles. The monoisotopic (exact) mass is 421 g/mol. The van der Waals surface area contributed by atoms with E-state index in [0.717, 1.165) is 19.3 Å². The number of rotatable bonds is 10. The van der Waals surface area contributed by atoms with Gasteiger partial charge in [-0.1, -0.05) is 52.7 Å². The number of carbonyl (C=O) groups is 3. The third kappa shape index (κ3) is 5.05. The lowest BCUT2D eigenvalue weighted by molar-refractivity contribution is -0.143. The van der Waals surface area contributed by atoms with Gasteiger partial charge in [0.25, 0.3) is 0 Å². The number of amides is 3. The van der Waals surface area contributed by atoms with Gasteiger partial charge in [0.2, 0.25) is 17.7 Å². The molecule has 1 aliphatic heterocycles. The number of nitrogens with zero attached hydrogens (tertiary/aromatic N) is 1. The zero-order chi connectivity index (χ0) is 22.4. The van der Waals surface area contributed by atoms with Crippen LogP contribution in [0.25, 0.3) is 0 Å². The summed E-state index contributed by atoms with van der Waals surface area (Å²) in [5.41, 5.74) is 0. The molecule has 1 aliphatic carbocycles. The fourth-order valence-corrected chi connectivity index (χ4v) is 5.01. The quantitative estimate of drug-likeness (QED) is 0.369. The number of hydrogen-bond donors (Lipinski definition) is 3. The molecule has 0 aromatic rings. The highest BCUT2D eigenvalue weighted by atomic mass is 16.3. The molecule has 0 radical (unpaired) electrons. The summed E-state index contributed by atoms with van der Waals surface area (Å²) < 4.78 is 0. The van der Waals surface area contributed by atoms with Gasteiger partial charge in [-0.15, -0.1) is 0 Å². The zero-order valence-corrected chi connectivity index (χ0v) is 19.1. The second-order valence-electron chi connectivity index (χ2n) is 9.14. The maximum Gasteiger partial charge on any atom is 0.243 e. The summed E-state index contributed by atoms with van der Waals surface area (Å²) in [7, 11) is 1.58. The summed E-state index contributed by atoms with van der Waals surface area (Å²) in [5, 5.41) is 15.8. The van der Waals surface area contributed by atoms with Crippen molar-refractivity contribution in [3.05, 3.63) is 12.2 Å². The van der Waals surface area contributed by atoms with Crippen LogP contribution >= 0.6 is 0 Å². The minimum absolute atomic E-state index is 0.0963. The predicted octanol–water partition coefficient (Wildman–Crippen LogP) is 1.71. The van der Waals surface area contributed by atoms with Crippen LogP contribution in [0.5, 0.6) is 0 Å². The van der Waals surface area contributed by atoms with E-state index in [1.165, 1.54) is 0 Å². The third-order valence-electron chi connectivity index (χ3n) is 6.45. The third-order valence-corrected chi connectivity index (χ3v) is 6.45. The molecular formula is C23H39N3O4. The van der Waals surface area contributed by atoms with E-state index in [-0.39, 0.29) is 42.1 Å². The lowest BCUT2D eigenvalue weighted by atomic mass is 9.70. The summed E-state index contributed by atoms with van der Waals surface area (Å²) in [6, 6.07) is -1.14. The van der Waals surface area contributed by atoms with Gasteiger partial charge in [-0.2, -0.15) is 0 Å². The maximum atomic E-state index is 13.6. The smallest absolute Gasteiger partial charge is 0.243 e. The predicted molar refractivity (Wildman–Crippen MR) is 116 cm³/mol. The van der Waals surface area contributed by atoms with Gasteiger partial charge in [0.15, 0.2) is 0 Å². The summed E-state index contributed by atoms with van der Waals surface area (Å²) in [6.45, 7) is 8.47. The molecule has 3 N–H and O–H groups in total. The molecule has 2 aliphatic rings. The van der Waals surface area contributed by atoms with Crippen LogP contribution < -0.4 is 10.6 Å². The molecule has 0 aromatic carbocycles. The van der Waals surface area contributed by atoms with E-state index in [2.05, 4.69) is 17.6 Å². The Morgan fingerprint density at radius 2 is 1.90 bits per heavy atom. The molecule has 0 bridgehead atoms. The topological polar surface area (TPSA) is 98.7 Å². The lowest BCUT2D eigenvalue weighted by Gasteiger charge is -2.34. The lowest BCUT2D eigenvalue weighted by Crippen LogP contribution is -2.52. The standard InChI is InChI=1S/C23H39N3O4/c1-6-7-8-11-25-22(29)20-17-10-9-15(4)18(21(28)24-5)19(17)23(30)26(20)16(13-27)12-14(2)3/h9-10,14-20,27H,6-8,11-13H2,1-5H3,(H,24,28)(H,25,29)/t15-,16-,17+,18-,19-,20+/m1/s1. The van der Waals surface area contributed by atoms with Gasteiger partial charge in [-0.3, -0.25) is 14.4 Å². The molecule has 0 aromatic heterocycles. The van der Waals surface area contributed by atoms with Crippen molar-refractivity contribution in [2.24, 2.45) is 29.6 Å². The molecule has 6 atom stereocenters. The molecule has 0 spiro atoms. The fraction of sp³-hybridized carbons (Fsp3) is 0.783. The molecule has 7 nitrogen and oxygen atoms in total. The Labute approximate surface area is 180 Å². The maximum absolute atomic E-state index is 13.6. The number of allylic oxidation sites excluding steroid dienone is 1. The Morgan fingerprint density at radius 3 is 2.47 bits per heavy atom. The summed E-state index contributed by atoms with van der Waals surface area (Å²) in [6.07, 6.45) is 7.47. The van der Waals surface area contributed by atoms with E-state index in [4.69, 9.17) is 0 Å². The van der Waals surface area contributed by atoms with Crippen LogP contribution in [0.4, 0.5) is 0 Å². The summed E-state index contributed by atoms with van der Waals surface area (Å²) in [4.78, 5) is 41.1. The van der Waals surface area contributed by atoms with E-state index >= 15 is 0 Å². The molecule has 0 saturated carbocycles. The normalized spacial score (nSPS) is 29.1. The van der Waals surface area contributed by atoms with Gasteiger partial charge in [-0.25, -0.2) is 0 Å². The molecule has 0 unspecified atom stereocenters. The van der Waals surface area contributed by atoms with Gasteiger partial charge in [-0.05, 0) is 24.7 Å². The van der Waals surface area contributed by atoms with Crippen molar-refractivity contribution in [3.8, 4) is 0 Å². The molecule has 1 fully saturated rings. The SMILES string of the molecule is CCCCCNC(=O)[C@@H]1[C@H]2C=C[C@@H](C)[C@@H](C(=O)NC)[C@@H]2C(=O)N1[C@@H](CO)CC(C)C. The fourth-order valence-electron chi connectivity index (χ4n) is 5.01. The second kappa shape index (κ2) is 10.9. The first-order chi connectivity index (χ1) is 14.3. The van der Waals surface area contributed by atoms with Crippen LogP contribution in [0.3, 0.4) is 0 Å². The van der Waals surface area contributed by atoms with Crippen molar-refractivity contribution in [2.45, 2.75) is 65.5 Å². The van der Waals surface area contributed by atoms with E-state index in [9.17, 15) is 19.5 Å². The van der Waals surface area contributed by atoms with Crippen LogP contribution in [0.15, 0.2) is 12.2 Å². The first kappa shape index (κ1) is 24.4. The average molecular weight is 422 g/mol. The highest BCUT2D eigenvalue weighted by Crippen LogP contribution is 2.45. The van der Waals surface area contributed by atoms with E-state index in [1.807, 2.05) is 32.9 Å². The highest BCUT2D eigenvalue weighted by Gasteiger charge is 2.57. The summed E-state index contributed by atoms with van der Waals surface area (Å²) in [5.74, 6) is -1.88. The molecule has 3 amide bonds. The van der Waals surface area contributed by atoms with Crippen LogP contribution in [0, 0.1) is 29.6 Å². The van der Waals surface area contributed by atoms with Crippen molar-refractivity contribution in [1.82, 2.24) is 15.5 Å². The van der Waals surface area contributed by atoms with Crippen LogP contribution in [-0.2, 0) is 14.4 Å². The number of aliphatic hydroxyl groups excluding tert-OH is 1. The van der Waals surface area contributed by atoms with E-state index < -0.39 is 23.9 Å². The molecule has 7 heteroatoms. The van der Waals surface area contributed by atoms with Gasteiger partial charge < -0.3 is 20.6 Å². The van der Waals surface area contributed by atoms with Gasteiger partial charge in [0.05, 0.1) is 24.5 Å². The van der Waals surface area contributed by atoms with Crippen LogP contribution in [-0.4, -0.2) is 60.0 Å². The minimum Gasteiger partial charge on any atom is -0.394 e. The Kier molecular flexibility index (Phi) is 8.89. The van der Waals surface area contributed by atoms with Crippen molar-refractivity contribution in [1.29, 1.82) is 0 Å². The summed E-state index contributed by atoms with van der Waals surface area (Å²) >= 11 is 0. The van der Waals surface area contributed by atoms with Gasteiger partial charge in [0, 0.05) is 19.5 Å². The Bertz CT molecular complexity index is 648. The molecule has 2 rings (SSSR count). The number of likely N-dealkylation sites (tertiary alicyclic amines) is 1. The van der Waals surface area contributed by atoms with Crippen molar-refractivity contribution < 1.29 is 19.5 Å². The van der Waals surface area contributed by atoms with E-state index in [1.54, 1.807) is 11.9 Å². The molecular weight excluding hydrogens is 382 g/mol. The Hall–Kier alpha value is -1.89. The number of carbonyl (C=O) groups excluding carboxylic acids is 3. The number of nitrogens with one attached hydrogen (secondary N) is 2. The van der Waals surface area contributed by atoms with Crippen molar-refractivity contribution in [3.63, 3.8) is 0 Å². The second-order valence-corrected chi connectivity index (χ2v) is 9.14. The molecule has 30 heavy (non-hydrogen) atoms. The van der Waals surface area contributed by atoms with Crippen molar-refractivity contribution >= 4 is 17.7 Å². The van der Waals surface area contributed by atoms with Gasteiger partial charge >= 0.3 is 0 Å². The Balaban J connectivity index is 2.40. The average Bonchev–Trinajstić information content (AvgIpc) is 3.01. The number of hydrogen-bond acceptors (Lipinski definition) is 4. The first-order valence-electron chi connectivity index (χ1n) is 11.4. The number of unbranched alkanes of at least 4 members (excludes halogenated alkanes) is 2. The van der Waals surface area contributed by atoms with E-state index in [0.29, 0.717) is 13.0 Å². The Morgan fingerprint density at radius 1 is 1.20 bits per heavy atom. The molecule has 170 valence electrons. The van der Waals surface area contributed by atoms with Crippen LogP contribution in [0.1, 0.15) is 53.4 Å². The number of aliphatic hydroxyl groups is 1. The largest absolute Gasteiger partial charge is 0.394 e. The van der Waals surface area contributed by atoms with Gasteiger partial charge in [0.1, 0.15) is 6.04 Å². The minimum atomic E-state index is -0.698. The molecule has 1 saturated heterocycles. The van der Waals surface area contributed by atoms with Crippen molar-refractivity contribution in [2.75, 3.05) is 20.2 Å². The number of fused-ring (bicyclic) bond motifs is 1. The van der Waals surface area contributed by atoms with Crippen LogP contribution in [0.2, 0.25) is 0 Å².